The molecule has 0 bridgehead atoms. The third kappa shape index (κ3) is 2.55. The number of alkyl halides is 2. The van der Waals surface area contributed by atoms with Crippen LogP contribution in [0.3, 0.4) is 0 Å². The Morgan fingerprint density at radius 2 is 2.24 bits per heavy atom. The number of aliphatic hydroxyl groups is 2. The highest BCUT2D eigenvalue weighted by molar-refractivity contribution is 5.67. The minimum atomic E-state index is -3.72. The maximum absolute atomic E-state index is 13.5. The smallest absolute Gasteiger partial charge is 0.353 e. The predicted molar refractivity (Wildman–Crippen MR) is 63.4 cm³/mol. The Bertz CT molecular complexity index is 559. The van der Waals surface area contributed by atoms with E-state index in [1.54, 1.807) is 0 Å². The number of nitrogens with one attached hydrogen (secondary N) is 1. The van der Waals surface area contributed by atoms with Crippen molar-refractivity contribution in [3.8, 4) is 0 Å². The molecular weight excluding hydrogens is 296 g/mol. The van der Waals surface area contributed by atoms with Gasteiger partial charge in [-0.1, -0.05) is 0 Å². The van der Waals surface area contributed by atoms with Gasteiger partial charge in [-0.05, 0) is 0 Å². The maximum Gasteiger partial charge on any atom is 0.353 e. The van der Waals surface area contributed by atoms with Gasteiger partial charge < -0.3 is 26.0 Å². The van der Waals surface area contributed by atoms with Gasteiger partial charge in [0.25, 0.3) is 0 Å². The summed E-state index contributed by atoms with van der Waals surface area (Å²) in [7, 11) is 0. The van der Waals surface area contributed by atoms with E-state index in [4.69, 9.17) is 15.6 Å². The van der Waals surface area contributed by atoms with E-state index in [9.17, 15) is 24.0 Å². The number of nitrogens with zero attached hydrogens (tertiary/aromatic N) is 3. The number of hydrogen-bond donors (Lipinski definition) is 4. The summed E-state index contributed by atoms with van der Waals surface area (Å²) in [5, 5.41) is 31.3. The summed E-state index contributed by atoms with van der Waals surface area (Å²) in [5.41, 5.74) is 4.58. The number of nitro groups is 1. The molecule has 2 rings (SSSR count). The van der Waals surface area contributed by atoms with Crippen LogP contribution in [0.1, 0.15) is 0 Å². The molecule has 0 unspecified atom stereocenters. The Labute approximate surface area is 115 Å². The van der Waals surface area contributed by atoms with E-state index in [0.717, 1.165) is 6.33 Å². The van der Waals surface area contributed by atoms with Crippen LogP contribution in [0.2, 0.25) is 0 Å². The van der Waals surface area contributed by atoms with E-state index in [0.29, 0.717) is 0 Å². The molecular formula is C9H11F2N5O5. The number of hydrogen-bond acceptors (Lipinski definition) is 9. The van der Waals surface area contributed by atoms with E-state index >= 15 is 0 Å². The number of ether oxygens (including phenoxy) is 1. The Morgan fingerprint density at radius 3 is 2.76 bits per heavy atom. The molecule has 0 spiro atoms. The Balaban J connectivity index is 2.28. The quantitative estimate of drug-likeness (QED) is 0.408. The van der Waals surface area contributed by atoms with Crippen molar-refractivity contribution < 1.29 is 28.7 Å². The van der Waals surface area contributed by atoms with Crippen LogP contribution in [-0.4, -0.2) is 56.1 Å². The molecule has 3 atom stereocenters. The first-order valence-electron chi connectivity index (χ1n) is 5.62. The topological polar surface area (TPSA) is 157 Å². The molecule has 0 aromatic carbocycles. The highest BCUT2D eigenvalue weighted by Crippen LogP contribution is 2.37. The summed E-state index contributed by atoms with van der Waals surface area (Å²) >= 11 is 0. The molecule has 2 heterocycles. The van der Waals surface area contributed by atoms with Crippen molar-refractivity contribution in [1.29, 1.82) is 0 Å². The van der Waals surface area contributed by atoms with Gasteiger partial charge in [0, 0.05) is 0 Å². The Morgan fingerprint density at radius 1 is 1.57 bits per heavy atom. The normalized spacial score (nSPS) is 27.5. The average molecular weight is 307 g/mol. The van der Waals surface area contributed by atoms with Crippen molar-refractivity contribution in [2.24, 2.45) is 0 Å². The molecule has 1 aliphatic rings. The molecule has 0 saturated carbocycles. The zero-order valence-corrected chi connectivity index (χ0v) is 10.3. The third-order valence-corrected chi connectivity index (χ3v) is 2.90. The first-order valence-corrected chi connectivity index (χ1v) is 5.62. The zero-order chi connectivity index (χ0) is 15.8. The number of halogens is 2. The monoisotopic (exact) mass is 307 g/mol. The van der Waals surface area contributed by atoms with E-state index in [2.05, 4.69) is 15.3 Å². The fourth-order valence-electron chi connectivity index (χ4n) is 1.82. The second-order valence-corrected chi connectivity index (χ2v) is 4.20. The summed E-state index contributed by atoms with van der Waals surface area (Å²) in [4.78, 5) is 16.9. The average Bonchev–Trinajstić information content (AvgIpc) is 2.61. The Hall–Kier alpha value is -2.18. The van der Waals surface area contributed by atoms with Crippen molar-refractivity contribution >= 4 is 17.3 Å². The van der Waals surface area contributed by atoms with Gasteiger partial charge in [-0.3, -0.25) is 10.1 Å². The SMILES string of the molecule is Nc1ncnc(N[C@@H]2O[C@H](CO)C(F)(F)[C@H]2O)c1[N+](=O)[O-]. The maximum atomic E-state index is 13.5. The molecule has 1 aliphatic heterocycles. The van der Waals surface area contributed by atoms with Crippen LogP contribution in [0.4, 0.5) is 26.1 Å². The van der Waals surface area contributed by atoms with Gasteiger partial charge in [-0.25, -0.2) is 18.7 Å². The summed E-state index contributed by atoms with van der Waals surface area (Å²) in [5.74, 6) is -4.68. The van der Waals surface area contributed by atoms with Crippen LogP contribution in [0.25, 0.3) is 0 Å². The molecule has 1 aromatic rings. The van der Waals surface area contributed by atoms with Gasteiger partial charge >= 0.3 is 11.6 Å². The van der Waals surface area contributed by atoms with Gasteiger partial charge in [-0.2, -0.15) is 0 Å². The standard InChI is InChI=1S/C9H11F2N5O5/c10-9(11)3(1-17)21-8(5(9)18)15-7-4(16(19)20)6(12)13-2-14-7/h2-3,5,8,17-18H,1H2,(H3,12,13,14,15)/t3-,5+,8-/m1/s1. The zero-order valence-electron chi connectivity index (χ0n) is 10.3. The lowest BCUT2D eigenvalue weighted by Gasteiger charge is -2.18. The number of aliphatic hydroxyl groups excluding tert-OH is 2. The molecule has 5 N–H and O–H groups in total. The summed E-state index contributed by atoms with van der Waals surface area (Å²) < 4.78 is 31.8. The fourth-order valence-corrected chi connectivity index (χ4v) is 1.82. The first-order chi connectivity index (χ1) is 9.78. The van der Waals surface area contributed by atoms with Crippen LogP contribution in [0.5, 0.6) is 0 Å². The second kappa shape index (κ2) is 5.31. The number of aromatic nitrogens is 2. The number of rotatable bonds is 4. The minimum absolute atomic E-state index is 0.476. The number of anilines is 2. The molecule has 1 fully saturated rings. The van der Waals surface area contributed by atoms with Gasteiger partial charge in [0.1, 0.15) is 12.4 Å². The lowest BCUT2D eigenvalue weighted by atomic mass is 10.1. The van der Waals surface area contributed by atoms with Gasteiger partial charge in [-0.15, -0.1) is 0 Å². The van der Waals surface area contributed by atoms with Crippen molar-refractivity contribution in [2.75, 3.05) is 17.7 Å². The fraction of sp³-hybridized carbons (Fsp3) is 0.556. The lowest BCUT2D eigenvalue weighted by Crippen LogP contribution is -2.42. The lowest BCUT2D eigenvalue weighted by molar-refractivity contribution is -0.383. The molecule has 0 radical (unpaired) electrons. The number of nitrogens with two attached hydrogens (primary N) is 1. The largest absolute Gasteiger partial charge is 0.393 e. The molecule has 21 heavy (non-hydrogen) atoms. The molecule has 0 aliphatic carbocycles. The summed E-state index contributed by atoms with van der Waals surface area (Å²) in [6.45, 7) is -1.03. The van der Waals surface area contributed by atoms with Crippen molar-refractivity contribution in [2.45, 2.75) is 24.4 Å². The van der Waals surface area contributed by atoms with Crippen molar-refractivity contribution in [3.05, 3.63) is 16.4 Å². The number of nitrogen functional groups attached to an aromatic ring is 1. The van der Waals surface area contributed by atoms with E-state index < -0.39 is 53.2 Å². The highest BCUT2D eigenvalue weighted by atomic mass is 19.3. The minimum Gasteiger partial charge on any atom is -0.393 e. The third-order valence-electron chi connectivity index (χ3n) is 2.90. The van der Waals surface area contributed by atoms with Gasteiger partial charge in [0.05, 0.1) is 11.5 Å². The van der Waals surface area contributed by atoms with Crippen molar-refractivity contribution in [1.82, 2.24) is 9.97 Å². The molecule has 1 aromatic heterocycles. The van der Waals surface area contributed by atoms with E-state index in [1.807, 2.05) is 0 Å². The second-order valence-electron chi connectivity index (χ2n) is 4.20. The van der Waals surface area contributed by atoms with Gasteiger partial charge in [0.2, 0.25) is 11.6 Å². The van der Waals surface area contributed by atoms with E-state index in [-0.39, 0.29) is 0 Å². The van der Waals surface area contributed by atoms with Crippen LogP contribution in [-0.2, 0) is 4.74 Å². The van der Waals surface area contributed by atoms with Crippen LogP contribution >= 0.6 is 0 Å². The van der Waals surface area contributed by atoms with Gasteiger partial charge in [0.15, 0.2) is 12.3 Å². The van der Waals surface area contributed by atoms with Crippen LogP contribution < -0.4 is 11.1 Å². The van der Waals surface area contributed by atoms with Crippen LogP contribution in [0.15, 0.2) is 6.33 Å². The van der Waals surface area contributed by atoms with Crippen molar-refractivity contribution in [3.63, 3.8) is 0 Å². The first kappa shape index (κ1) is 15.2. The predicted octanol–water partition coefficient (Wildman–Crippen LogP) is -0.908. The van der Waals surface area contributed by atoms with E-state index in [1.165, 1.54) is 0 Å². The molecule has 12 heteroatoms. The summed E-state index contributed by atoms with van der Waals surface area (Å²) in [6.07, 6.45) is -5.09. The highest BCUT2D eigenvalue weighted by Gasteiger charge is 2.58. The molecule has 0 amide bonds. The molecule has 1 saturated heterocycles. The van der Waals surface area contributed by atoms with Crippen LogP contribution in [0, 0.1) is 10.1 Å². The summed E-state index contributed by atoms with van der Waals surface area (Å²) in [6, 6.07) is 0. The molecule has 116 valence electrons. The Kier molecular flexibility index (Phi) is 3.85. The molecule has 10 nitrogen and oxygen atoms in total.